The molecule has 0 radical (unpaired) electrons. The Hall–Kier alpha value is -3.33. The summed E-state index contributed by atoms with van der Waals surface area (Å²) >= 11 is 6.04. The van der Waals surface area contributed by atoms with Crippen molar-refractivity contribution in [2.45, 2.75) is 38.1 Å². The minimum Gasteiger partial charge on any atom is -0.459 e. The number of rotatable bonds is 5. The van der Waals surface area contributed by atoms with Crippen LogP contribution in [0, 0.1) is 5.92 Å². The number of halogens is 1. The lowest BCUT2D eigenvalue weighted by atomic mass is 9.73. The predicted octanol–water partition coefficient (Wildman–Crippen LogP) is 3.62. The molecule has 1 aromatic carbocycles. The summed E-state index contributed by atoms with van der Waals surface area (Å²) in [5.41, 5.74) is -0.410. The van der Waals surface area contributed by atoms with E-state index in [4.69, 9.17) is 16.0 Å². The molecule has 1 saturated heterocycles. The molecule has 0 bridgehead atoms. The fourth-order valence-corrected chi connectivity index (χ4v) is 4.47. The highest BCUT2D eigenvalue weighted by molar-refractivity contribution is 6.31. The van der Waals surface area contributed by atoms with E-state index in [2.05, 4.69) is 16.0 Å². The molecule has 2 unspecified atom stereocenters. The highest BCUT2D eigenvalue weighted by Gasteiger charge is 2.55. The van der Waals surface area contributed by atoms with Crippen LogP contribution >= 0.6 is 11.6 Å². The Labute approximate surface area is 189 Å². The molecule has 32 heavy (non-hydrogen) atoms. The monoisotopic (exact) mass is 458 g/mol. The molecule has 2 fully saturated rings. The molecule has 2 aliphatic rings. The van der Waals surface area contributed by atoms with Crippen molar-refractivity contribution in [2.75, 3.05) is 17.2 Å². The van der Waals surface area contributed by atoms with Crippen LogP contribution in [0.2, 0.25) is 5.02 Å². The van der Waals surface area contributed by atoms with Gasteiger partial charge in [-0.2, -0.15) is 0 Å². The number of carbonyl (C=O) groups is 4. The number of anilines is 2. The normalized spacial score (nSPS) is 22.7. The maximum atomic E-state index is 13.1. The van der Waals surface area contributed by atoms with Crippen LogP contribution in [0.3, 0.4) is 0 Å². The van der Waals surface area contributed by atoms with Gasteiger partial charge in [0.15, 0.2) is 5.76 Å². The molecule has 3 N–H and O–H groups in total. The second kappa shape index (κ2) is 8.66. The molecule has 5 amide bonds. The van der Waals surface area contributed by atoms with Gasteiger partial charge in [0, 0.05) is 5.02 Å². The first-order valence-corrected chi connectivity index (χ1v) is 10.8. The summed E-state index contributed by atoms with van der Waals surface area (Å²) < 4.78 is 5.07. The van der Waals surface area contributed by atoms with Crippen LogP contribution in [0.15, 0.2) is 41.0 Å². The smallest absolute Gasteiger partial charge is 0.325 e. The quantitative estimate of drug-likeness (QED) is 0.591. The van der Waals surface area contributed by atoms with Crippen molar-refractivity contribution in [1.82, 2.24) is 10.2 Å². The van der Waals surface area contributed by atoms with Crippen LogP contribution in [0.5, 0.6) is 0 Å². The zero-order chi connectivity index (χ0) is 22.9. The Morgan fingerprint density at radius 3 is 2.75 bits per heavy atom. The van der Waals surface area contributed by atoms with E-state index < -0.39 is 29.9 Å². The first kappa shape index (κ1) is 21.9. The lowest BCUT2D eigenvalue weighted by molar-refractivity contribution is -0.136. The summed E-state index contributed by atoms with van der Waals surface area (Å²) in [6, 6.07) is 7.05. The van der Waals surface area contributed by atoms with Gasteiger partial charge in [-0.15, -0.1) is 0 Å². The topological polar surface area (TPSA) is 121 Å². The van der Waals surface area contributed by atoms with Crippen LogP contribution in [-0.2, 0) is 9.59 Å². The summed E-state index contributed by atoms with van der Waals surface area (Å²) in [4.78, 5) is 51.6. The Balaban J connectivity index is 1.47. The van der Waals surface area contributed by atoms with Crippen molar-refractivity contribution in [3.63, 3.8) is 0 Å². The molecular weight excluding hydrogens is 436 g/mol. The van der Waals surface area contributed by atoms with E-state index in [0.717, 1.165) is 24.2 Å². The molecule has 2 heterocycles. The standard InChI is InChI=1S/C22H23ClN4O5/c1-13-5-2-3-9-22(13)20(30)27(21(31)26-22)12-18(28)24-15-8-7-14(23)11-16(15)25-19(29)17-6-4-10-32-17/h4,6-8,10-11,13H,2-3,5,9,12H2,1H3,(H,24,28)(H,25,29)(H,26,31). The van der Waals surface area contributed by atoms with Gasteiger partial charge in [-0.1, -0.05) is 31.4 Å². The second-order valence-corrected chi connectivity index (χ2v) is 8.55. The zero-order valence-corrected chi connectivity index (χ0v) is 18.2. The van der Waals surface area contributed by atoms with Crippen molar-refractivity contribution >= 4 is 46.7 Å². The van der Waals surface area contributed by atoms with Crippen molar-refractivity contribution in [3.8, 4) is 0 Å². The summed E-state index contributed by atoms with van der Waals surface area (Å²) in [5.74, 6) is -1.37. The summed E-state index contributed by atoms with van der Waals surface area (Å²) in [6.07, 6.45) is 4.63. The fourth-order valence-electron chi connectivity index (χ4n) is 4.29. The number of nitrogens with one attached hydrogen (secondary N) is 3. The van der Waals surface area contributed by atoms with E-state index in [-0.39, 0.29) is 29.0 Å². The number of hydrogen-bond donors (Lipinski definition) is 3. The van der Waals surface area contributed by atoms with Crippen molar-refractivity contribution in [1.29, 1.82) is 0 Å². The largest absolute Gasteiger partial charge is 0.459 e. The predicted molar refractivity (Wildman–Crippen MR) is 117 cm³/mol. The van der Waals surface area contributed by atoms with Gasteiger partial charge in [0.25, 0.3) is 11.8 Å². The summed E-state index contributed by atoms with van der Waals surface area (Å²) in [6.45, 7) is 1.51. The molecule has 168 valence electrons. The minimum atomic E-state index is -0.932. The van der Waals surface area contributed by atoms with Gasteiger partial charge in [-0.3, -0.25) is 19.3 Å². The van der Waals surface area contributed by atoms with Gasteiger partial charge in [0.05, 0.1) is 17.6 Å². The first-order valence-electron chi connectivity index (χ1n) is 10.4. The number of imide groups is 1. The number of amides is 5. The average molecular weight is 459 g/mol. The number of nitrogens with zero attached hydrogens (tertiary/aromatic N) is 1. The molecular formula is C22H23ClN4O5. The van der Waals surface area contributed by atoms with Crippen molar-refractivity contribution in [2.24, 2.45) is 5.92 Å². The molecule has 1 spiro atoms. The Morgan fingerprint density at radius 1 is 1.22 bits per heavy atom. The van der Waals surface area contributed by atoms with Crippen LogP contribution in [0.1, 0.15) is 43.2 Å². The maximum Gasteiger partial charge on any atom is 0.325 e. The molecule has 1 saturated carbocycles. The van der Waals surface area contributed by atoms with E-state index in [9.17, 15) is 19.2 Å². The third kappa shape index (κ3) is 4.08. The van der Waals surface area contributed by atoms with E-state index in [1.54, 1.807) is 12.1 Å². The molecule has 1 aromatic heterocycles. The summed E-state index contributed by atoms with van der Waals surface area (Å²) in [5, 5.41) is 8.44. The van der Waals surface area contributed by atoms with Gasteiger partial charge in [0.1, 0.15) is 12.1 Å². The molecule has 2 atom stereocenters. The molecule has 1 aliphatic carbocycles. The van der Waals surface area contributed by atoms with E-state index in [1.165, 1.54) is 24.5 Å². The molecule has 10 heteroatoms. The maximum absolute atomic E-state index is 13.1. The Kier molecular flexibility index (Phi) is 5.92. The molecule has 4 rings (SSSR count). The van der Waals surface area contributed by atoms with E-state index in [0.29, 0.717) is 11.4 Å². The lowest BCUT2D eigenvalue weighted by Crippen LogP contribution is -2.54. The zero-order valence-electron chi connectivity index (χ0n) is 17.4. The number of hydrogen-bond acceptors (Lipinski definition) is 5. The number of urea groups is 1. The van der Waals surface area contributed by atoms with Crippen molar-refractivity contribution < 1.29 is 23.6 Å². The van der Waals surface area contributed by atoms with Crippen molar-refractivity contribution in [3.05, 3.63) is 47.4 Å². The Bertz CT molecular complexity index is 1070. The van der Waals surface area contributed by atoms with Crippen LogP contribution in [-0.4, -0.2) is 40.7 Å². The summed E-state index contributed by atoms with van der Waals surface area (Å²) in [7, 11) is 0. The van der Waals surface area contributed by atoms with Crippen LogP contribution in [0.4, 0.5) is 16.2 Å². The highest BCUT2D eigenvalue weighted by Crippen LogP contribution is 2.38. The fraction of sp³-hybridized carbons (Fsp3) is 0.364. The molecule has 1 aliphatic heterocycles. The van der Waals surface area contributed by atoms with Crippen LogP contribution < -0.4 is 16.0 Å². The highest BCUT2D eigenvalue weighted by atomic mass is 35.5. The van der Waals surface area contributed by atoms with Gasteiger partial charge in [0.2, 0.25) is 5.91 Å². The second-order valence-electron chi connectivity index (χ2n) is 8.11. The van der Waals surface area contributed by atoms with Gasteiger partial charge in [-0.25, -0.2) is 4.79 Å². The Morgan fingerprint density at radius 2 is 2.03 bits per heavy atom. The number of carbonyl (C=O) groups excluding carboxylic acids is 4. The number of benzene rings is 1. The van der Waals surface area contributed by atoms with Gasteiger partial charge >= 0.3 is 6.03 Å². The minimum absolute atomic E-state index is 0.000409. The van der Waals surface area contributed by atoms with Gasteiger partial charge in [-0.05, 0) is 49.1 Å². The molecule has 2 aromatic rings. The van der Waals surface area contributed by atoms with E-state index >= 15 is 0 Å². The lowest BCUT2D eigenvalue weighted by Gasteiger charge is -2.36. The third-order valence-corrected chi connectivity index (χ3v) is 6.29. The third-order valence-electron chi connectivity index (χ3n) is 6.05. The first-order chi connectivity index (χ1) is 15.3. The SMILES string of the molecule is CC1CCCCC12NC(=O)N(CC(=O)Nc1ccc(Cl)cc1NC(=O)c1ccco1)C2=O. The van der Waals surface area contributed by atoms with Gasteiger partial charge < -0.3 is 20.4 Å². The number of furan rings is 1. The van der Waals surface area contributed by atoms with E-state index in [1.807, 2.05) is 6.92 Å². The molecule has 9 nitrogen and oxygen atoms in total. The average Bonchev–Trinajstić information content (AvgIpc) is 3.37. The van der Waals surface area contributed by atoms with Crippen LogP contribution in [0.25, 0.3) is 0 Å².